The maximum atomic E-state index is 5.78. The summed E-state index contributed by atoms with van der Waals surface area (Å²) in [5.74, 6) is 0.883. The first-order valence-electron chi connectivity index (χ1n) is 6.76. The zero-order chi connectivity index (χ0) is 14.8. The lowest BCUT2D eigenvalue weighted by atomic mass is 10.4. The van der Waals surface area contributed by atoms with Gasteiger partial charge in [0.2, 0.25) is 11.8 Å². The van der Waals surface area contributed by atoms with Gasteiger partial charge >= 0.3 is 0 Å². The largest absolute Gasteiger partial charge is 0.475 e. The van der Waals surface area contributed by atoms with Crippen LogP contribution in [0.2, 0.25) is 0 Å². The molecule has 6 nitrogen and oxygen atoms in total. The predicted molar refractivity (Wildman–Crippen MR) is 77.2 cm³/mol. The second kappa shape index (κ2) is 9.39. The fourth-order valence-corrected chi connectivity index (χ4v) is 1.44. The van der Waals surface area contributed by atoms with E-state index in [0.29, 0.717) is 43.9 Å². The van der Waals surface area contributed by atoms with Gasteiger partial charge in [-0.2, -0.15) is 4.98 Å². The third kappa shape index (κ3) is 6.58. The van der Waals surface area contributed by atoms with Crippen molar-refractivity contribution in [2.75, 3.05) is 39.3 Å². The highest BCUT2D eigenvalue weighted by Gasteiger charge is 2.07. The number of methoxy groups -OCH3 is 1. The number of nitrogen functional groups attached to an aromatic ring is 1. The van der Waals surface area contributed by atoms with E-state index in [1.165, 1.54) is 0 Å². The number of pyridine rings is 1. The molecule has 1 heterocycles. The Balaban J connectivity index is 2.29. The molecule has 1 aromatic heterocycles. The van der Waals surface area contributed by atoms with Crippen LogP contribution in [0.5, 0.6) is 11.8 Å². The molecule has 2 N–H and O–H groups in total. The Hall–Kier alpha value is -1.53. The van der Waals surface area contributed by atoms with Crippen LogP contribution in [0.4, 0.5) is 5.69 Å². The standard InChI is InChI=1S/C14H24N2O4/c1-11(2)20-14-12(15)5-6-13(16-14)19-10-9-18-8-4-7-17-3/h5-6,11H,4,7-10,15H2,1-3H3. The molecule has 1 rings (SSSR count). The van der Waals surface area contributed by atoms with E-state index in [4.69, 9.17) is 24.7 Å². The average Bonchev–Trinajstić information content (AvgIpc) is 2.40. The van der Waals surface area contributed by atoms with Crippen LogP contribution >= 0.6 is 0 Å². The Bertz CT molecular complexity index is 385. The summed E-state index contributed by atoms with van der Waals surface area (Å²) in [6.45, 7) is 6.15. The first kappa shape index (κ1) is 16.5. The van der Waals surface area contributed by atoms with E-state index in [1.807, 2.05) is 13.8 Å². The summed E-state index contributed by atoms with van der Waals surface area (Å²) in [6, 6.07) is 3.44. The first-order valence-corrected chi connectivity index (χ1v) is 6.76. The van der Waals surface area contributed by atoms with Crippen LogP contribution in [0.1, 0.15) is 20.3 Å². The monoisotopic (exact) mass is 284 g/mol. The van der Waals surface area contributed by atoms with E-state index < -0.39 is 0 Å². The Labute approximate surface area is 120 Å². The van der Waals surface area contributed by atoms with Crippen LogP contribution in [-0.2, 0) is 9.47 Å². The quantitative estimate of drug-likeness (QED) is 0.661. The lowest BCUT2D eigenvalue weighted by Crippen LogP contribution is -2.11. The Kier molecular flexibility index (Phi) is 7.75. The lowest BCUT2D eigenvalue weighted by molar-refractivity contribution is 0.0792. The molecule has 0 radical (unpaired) electrons. The minimum atomic E-state index is 0.0177. The third-order valence-electron chi connectivity index (χ3n) is 2.33. The van der Waals surface area contributed by atoms with Crippen molar-refractivity contribution in [1.82, 2.24) is 4.98 Å². The Morgan fingerprint density at radius 1 is 1.15 bits per heavy atom. The molecular weight excluding hydrogens is 260 g/mol. The minimum absolute atomic E-state index is 0.0177. The van der Waals surface area contributed by atoms with Crippen molar-refractivity contribution >= 4 is 5.69 Å². The molecule has 1 aromatic rings. The maximum absolute atomic E-state index is 5.78. The van der Waals surface area contributed by atoms with Crippen LogP contribution < -0.4 is 15.2 Å². The zero-order valence-corrected chi connectivity index (χ0v) is 12.4. The van der Waals surface area contributed by atoms with Crippen molar-refractivity contribution in [2.45, 2.75) is 26.4 Å². The number of hydrogen-bond acceptors (Lipinski definition) is 6. The highest BCUT2D eigenvalue weighted by atomic mass is 16.5. The van der Waals surface area contributed by atoms with Crippen molar-refractivity contribution in [3.8, 4) is 11.8 Å². The topological polar surface area (TPSA) is 75.8 Å². The number of nitrogens with zero attached hydrogens (tertiary/aromatic N) is 1. The van der Waals surface area contributed by atoms with Crippen molar-refractivity contribution in [1.29, 1.82) is 0 Å². The fraction of sp³-hybridized carbons (Fsp3) is 0.643. The number of hydrogen-bond donors (Lipinski definition) is 1. The van der Waals surface area contributed by atoms with Crippen LogP contribution in [0.3, 0.4) is 0 Å². The van der Waals surface area contributed by atoms with Crippen LogP contribution in [0.15, 0.2) is 12.1 Å². The predicted octanol–water partition coefficient (Wildman–Crippen LogP) is 1.88. The van der Waals surface area contributed by atoms with Gasteiger partial charge in [0.05, 0.1) is 18.4 Å². The molecule has 0 saturated carbocycles. The van der Waals surface area contributed by atoms with Crippen LogP contribution in [0, 0.1) is 0 Å². The molecule has 0 atom stereocenters. The molecule has 0 aliphatic carbocycles. The lowest BCUT2D eigenvalue weighted by Gasteiger charge is -2.12. The normalized spacial score (nSPS) is 10.8. The molecular formula is C14H24N2O4. The number of ether oxygens (including phenoxy) is 4. The molecule has 0 aromatic carbocycles. The smallest absolute Gasteiger partial charge is 0.240 e. The van der Waals surface area contributed by atoms with Crippen molar-refractivity contribution in [3.63, 3.8) is 0 Å². The minimum Gasteiger partial charge on any atom is -0.475 e. The van der Waals surface area contributed by atoms with Gasteiger partial charge in [0, 0.05) is 26.4 Å². The Morgan fingerprint density at radius 3 is 2.65 bits per heavy atom. The van der Waals surface area contributed by atoms with Gasteiger partial charge in [-0.1, -0.05) is 0 Å². The average molecular weight is 284 g/mol. The van der Waals surface area contributed by atoms with Gasteiger partial charge in [-0.15, -0.1) is 0 Å². The summed E-state index contributed by atoms with van der Waals surface area (Å²) in [6.07, 6.45) is 0.896. The van der Waals surface area contributed by atoms with Gasteiger partial charge in [-0.3, -0.25) is 0 Å². The van der Waals surface area contributed by atoms with Crippen LogP contribution in [-0.4, -0.2) is 44.6 Å². The van der Waals surface area contributed by atoms with Crippen LogP contribution in [0.25, 0.3) is 0 Å². The summed E-state index contributed by atoms with van der Waals surface area (Å²) in [5, 5.41) is 0. The molecule has 0 amide bonds. The summed E-state index contributed by atoms with van der Waals surface area (Å²) >= 11 is 0. The fourth-order valence-electron chi connectivity index (χ4n) is 1.44. The number of rotatable bonds is 10. The molecule has 0 unspecified atom stereocenters. The molecule has 0 bridgehead atoms. The molecule has 0 aliphatic heterocycles. The number of nitrogens with two attached hydrogens (primary N) is 1. The van der Waals surface area contributed by atoms with Gasteiger partial charge in [0.25, 0.3) is 0 Å². The molecule has 6 heteroatoms. The molecule has 0 saturated heterocycles. The summed E-state index contributed by atoms with van der Waals surface area (Å²) in [4.78, 5) is 4.21. The van der Waals surface area contributed by atoms with Gasteiger partial charge in [-0.25, -0.2) is 0 Å². The van der Waals surface area contributed by atoms with Gasteiger partial charge in [0.15, 0.2) is 0 Å². The third-order valence-corrected chi connectivity index (χ3v) is 2.33. The highest BCUT2D eigenvalue weighted by Crippen LogP contribution is 2.23. The van der Waals surface area contributed by atoms with E-state index in [-0.39, 0.29) is 6.10 Å². The van der Waals surface area contributed by atoms with E-state index in [9.17, 15) is 0 Å². The van der Waals surface area contributed by atoms with Gasteiger partial charge < -0.3 is 24.7 Å². The second-order valence-electron chi connectivity index (χ2n) is 4.52. The summed E-state index contributed by atoms with van der Waals surface area (Å²) in [7, 11) is 1.67. The van der Waals surface area contributed by atoms with Crippen molar-refractivity contribution < 1.29 is 18.9 Å². The van der Waals surface area contributed by atoms with Gasteiger partial charge in [0.1, 0.15) is 6.61 Å². The molecule has 0 fully saturated rings. The molecule has 0 spiro atoms. The number of aromatic nitrogens is 1. The molecule has 20 heavy (non-hydrogen) atoms. The maximum Gasteiger partial charge on any atom is 0.240 e. The van der Waals surface area contributed by atoms with E-state index in [1.54, 1.807) is 19.2 Å². The summed E-state index contributed by atoms with van der Waals surface area (Å²) < 4.78 is 21.3. The molecule has 114 valence electrons. The summed E-state index contributed by atoms with van der Waals surface area (Å²) in [5.41, 5.74) is 6.28. The highest BCUT2D eigenvalue weighted by molar-refractivity contribution is 5.49. The second-order valence-corrected chi connectivity index (χ2v) is 4.52. The zero-order valence-electron chi connectivity index (χ0n) is 12.4. The number of anilines is 1. The van der Waals surface area contributed by atoms with E-state index in [0.717, 1.165) is 6.42 Å². The SMILES string of the molecule is COCCCOCCOc1ccc(N)c(OC(C)C)n1. The van der Waals surface area contributed by atoms with Crippen molar-refractivity contribution in [2.24, 2.45) is 0 Å². The van der Waals surface area contributed by atoms with Gasteiger partial charge in [-0.05, 0) is 26.3 Å². The first-order chi connectivity index (χ1) is 9.63. The van der Waals surface area contributed by atoms with Crippen molar-refractivity contribution in [3.05, 3.63) is 12.1 Å². The molecule has 0 aliphatic rings. The van der Waals surface area contributed by atoms with E-state index >= 15 is 0 Å². The van der Waals surface area contributed by atoms with E-state index in [2.05, 4.69) is 4.98 Å². The Morgan fingerprint density at radius 2 is 1.95 bits per heavy atom.